The van der Waals surface area contributed by atoms with Crippen LogP contribution in [-0.4, -0.2) is 30.0 Å². The largest absolute Gasteiger partial charge is 0.486 e. The number of carbonyl (C=O) groups excluding carboxylic acids is 1. The van der Waals surface area contributed by atoms with Crippen molar-refractivity contribution in [2.45, 2.75) is 18.6 Å². The molecule has 2 atom stereocenters. The van der Waals surface area contributed by atoms with E-state index in [9.17, 15) is 14.9 Å². The zero-order valence-corrected chi connectivity index (χ0v) is 11.3. The van der Waals surface area contributed by atoms with Crippen LogP contribution in [0.2, 0.25) is 0 Å². The van der Waals surface area contributed by atoms with Crippen LogP contribution in [0, 0.1) is 10.1 Å². The first kappa shape index (κ1) is 13.5. The van der Waals surface area contributed by atoms with Gasteiger partial charge in [-0.2, -0.15) is 0 Å². The second-order valence-corrected chi connectivity index (χ2v) is 4.87. The van der Waals surface area contributed by atoms with Crippen LogP contribution in [0.5, 0.6) is 5.75 Å². The van der Waals surface area contributed by atoms with Gasteiger partial charge in [0, 0.05) is 25.0 Å². The van der Waals surface area contributed by atoms with Crippen LogP contribution >= 0.6 is 0 Å². The third-order valence-electron chi connectivity index (χ3n) is 3.65. The molecular formula is C15H13NO5. The fourth-order valence-corrected chi connectivity index (χ4v) is 2.54. The lowest BCUT2D eigenvalue weighted by atomic mass is 9.90. The first-order valence-corrected chi connectivity index (χ1v) is 6.50. The number of hydrogen-bond acceptors (Lipinski definition) is 5. The van der Waals surface area contributed by atoms with Crippen LogP contribution in [0.25, 0.3) is 10.8 Å². The molecule has 0 radical (unpaired) electrons. The average Bonchev–Trinajstić information content (AvgIpc) is 2.46. The number of fused-ring (bicyclic) bond motifs is 1. The molecular weight excluding hydrogens is 274 g/mol. The number of hydrogen-bond donors (Lipinski definition) is 0. The van der Waals surface area contributed by atoms with Gasteiger partial charge >= 0.3 is 0 Å². The monoisotopic (exact) mass is 287 g/mol. The Balaban J connectivity index is 1.99. The zero-order valence-electron chi connectivity index (χ0n) is 11.3. The summed E-state index contributed by atoms with van der Waals surface area (Å²) in [4.78, 5) is 22.0. The Hall–Kier alpha value is -2.47. The molecule has 1 fully saturated rings. The van der Waals surface area contributed by atoms with Crippen LogP contribution in [0.3, 0.4) is 0 Å². The smallest absolute Gasteiger partial charge is 0.277 e. The Morgan fingerprint density at radius 2 is 1.90 bits per heavy atom. The highest BCUT2D eigenvalue weighted by molar-refractivity contribution is 5.96. The Morgan fingerprint density at radius 3 is 2.52 bits per heavy atom. The molecule has 0 amide bonds. The van der Waals surface area contributed by atoms with Crippen molar-refractivity contribution in [3.05, 3.63) is 46.5 Å². The van der Waals surface area contributed by atoms with Crippen molar-refractivity contribution < 1.29 is 19.2 Å². The van der Waals surface area contributed by atoms with Crippen molar-refractivity contribution in [1.82, 2.24) is 0 Å². The number of carbonyl (C=O) groups is 1. The second kappa shape index (κ2) is 5.14. The molecule has 0 aromatic heterocycles. The second-order valence-electron chi connectivity index (χ2n) is 4.87. The van der Waals surface area contributed by atoms with E-state index in [1.807, 2.05) is 0 Å². The number of nitrogens with zero attached hydrogens (tertiary/aromatic N) is 1. The average molecular weight is 287 g/mol. The number of benzene rings is 2. The van der Waals surface area contributed by atoms with Gasteiger partial charge in [0.2, 0.25) is 0 Å². The summed E-state index contributed by atoms with van der Waals surface area (Å²) in [7, 11) is 1.46. The summed E-state index contributed by atoms with van der Waals surface area (Å²) in [5.41, 5.74) is 0.0333. The predicted molar refractivity (Wildman–Crippen MR) is 75.4 cm³/mol. The van der Waals surface area contributed by atoms with E-state index >= 15 is 0 Å². The minimum atomic E-state index is -0.557. The summed E-state index contributed by atoms with van der Waals surface area (Å²) >= 11 is 0. The topological polar surface area (TPSA) is 78.7 Å². The van der Waals surface area contributed by atoms with E-state index in [1.54, 1.807) is 30.3 Å². The van der Waals surface area contributed by atoms with Crippen molar-refractivity contribution in [3.63, 3.8) is 0 Å². The van der Waals surface area contributed by atoms with E-state index in [2.05, 4.69) is 0 Å². The van der Waals surface area contributed by atoms with Crippen LogP contribution in [0.15, 0.2) is 36.4 Å². The van der Waals surface area contributed by atoms with Crippen LogP contribution < -0.4 is 4.74 Å². The number of non-ortho nitro benzene ring substituents is 1. The fraction of sp³-hybridized carbons (Fsp3) is 0.267. The number of nitro benzene ring substituents is 1. The molecule has 3 rings (SSSR count). The normalized spacial score (nSPS) is 21.1. The molecule has 6 nitrogen and oxygen atoms in total. The molecule has 2 unspecified atom stereocenters. The minimum absolute atomic E-state index is 0.00807. The molecule has 2 aromatic carbocycles. The SMILES string of the molecule is COC1C(=O)CC1Oc1ccc([N+](=O)[O-])c2ccccc12. The van der Waals surface area contributed by atoms with Gasteiger partial charge in [0.05, 0.1) is 10.3 Å². The Labute approximate surface area is 120 Å². The third-order valence-corrected chi connectivity index (χ3v) is 3.65. The van der Waals surface area contributed by atoms with Crippen molar-refractivity contribution in [2.24, 2.45) is 0 Å². The fourth-order valence-electron chi connectivity index (χ4n) is 2.54. The molecule has 0 bridgehead atoms. The quantitative estimate of drug-likeness (QED) is 0.637. The third kappa shape index (κ3) is 2.23. The molecule has 108 valence electrons. The number of methoxy groups -OCH3 is 1. The summed E-state index contributed by atoms with van der Waals surface area (Å²) in [5.74, 6) is 0.532. The lowest BCUT2D eigenvalue weighted by Gasteiger charge is -2.33. The maximum Gasteiger partial charge on any atom is 0.277 e. The maximum atomic E-state index is 11.4. The first-order chi connectivity index (χ1) is 10.1. The summed E-state index contributed by atoms with van der Waals surface area (Å²) in [6.07, 6.45) is -0.601. The van der Waals surface area contributed by atoms with Crippen LogP contribution in [-0.2, 0) is 9.53 Å². The highest BCUT2D eigenvalue weighted by Gasteiger charge is 2.42. The molecule has 1 saturated carbocycles. The Kier molecular flexibility index (Phi) is 3.31. The number of rotatable bonds is 4. The molecule has 6 heteroatoms. The van der Waals surface area contributed by atoms with Gasteiger partial charge in [-0.3, -0.25) is 14.9 Å². The number of Topliss-reactive ketones (excluding diaryl/α,β-unsaturated/α-hetero) is 1. The number of ketones is 1. The summed E-state index contributed by atoms with van der Waals surface area (Å²) < 4.78 is 10.9. The van der Waals surface area contributed by atoms with Gasteiger partial charge in [-0.1, -0.05) is 18.2 Å². The molecule has 2 aromatic rings. The van der Waals surface area contributed by atoms with Gasteiger partial charge in [0.25, 0.3) is 5.69 Å². The van der Waals surface area contributed by atoms with Crippen LogP contribution in [0.1, 0.15) is 6.42 Å². The standard InChI is InChI=1S/C15H13NO5/c1-20-15-12(17)8-14(15)21-13-7-6-11(16(18)19)9-4-2-3-5-10(9)13/h2-7,14-15H,8H2,1H3. The van der Waals surface area contributed by atoms with Crippen molar-refractivity contribution in [2.75, 3.05) is 7.11 Å². The molecule has 0 spiro atoms. The molecule has 1 aliphatic carbocycles. The number of nitro groups is 1. The minimum Gasteiger partial charge on any atom is -0.486 e. The van der Waals surface area contributed by atoms with Gasteiger partial charge in [0.15, 0.2) is 11.9 Å². The highest BCUT2D eigenvalue weighted by atomic mass is 16.6. The van der Waals surface area contributed by atoms with E-state index in [0.29, 0.717) is 22.9 Å². The van der Waals surface area contributed by atoms with Crippen molar-refractivity contribution in [3.8, 4) is 5.75 Å². The van der Waals surface area contributed by atoms with Gasteiger partial charge in [0.1, 0.15) is 11.9 Å². The van der Waals surface area contributed by atoms with E-state index in [1.165, 1.54) is 13.2 Å². The van der Waals surface area contributed by atoms with E-state index in [-0.39, 0.29) is 17.6 Å². The Bertz CT molecular complexity index is 727. The zero-order chi connectivity index (χ0) is 15.0. The van der Waals surface area contributed by atoms with E-state index in [4.69, 9.17) is 9.47 Å². The Morgan fingerprint density at radius 1 is 1.19 bits per heavy atom. The predicted octanol–water partition coefficient (Wildman–Crippen LogP) is 2.48. The molecule has 1 aliphatic rings. The molecule has 0 aliphatic heterocycles. The van der Waals surface area contributed by atoms with E-state index < -0.39 is 11.0 Å². The summed E-state index contributed by atoms with van der Waals surface area (Å²) in [6.45, 7) is 0. The van der Waals surface area contributed by atoms with Gasteiger partial charge in [-0.15, -0.1) is 0 Å². The lowest BCUT2D eigenvalue weighted by Crippen LogP contribution is -2.51. The molecule has 0 saturated heterocycles. The van der Waals surface area contributed by atoms with E-state index in [0.717, 1.165) is 0 Å². The molecule has 21 heavy (non-hydrogen) atoms. The van der Waals surface area contributed by atoms with Crippen LogP contribution in [0.4, 0.5) is 5.69 Å². The first-order valence-electron chi connectivity index (χ1n) is 6.50. The summed E-state index contributed by atoms with van der Waals surface area (Å²) in [6, 6.07) is 9.96. The molecule has 0 N–H and O–H groups in total. The summed E-state index contributed by atoms with van der Waals surface area (Å²) in [5, 5.41) is 12.2. The highest BCUT2D eigenvalue weighted by Crippen LogP contribution is 2.35. The van der Waals surface area contributed by atoms with Crippen molar-refractivity contribution in [1.29, 1.82) is 0 Å². The van der Waals surface area contributed by atoms with Gasteiger partial charge in [-0.05, 0) is 12.1 Å². The van der Waals surface area contributed by atoms with Gasteiger partial charge < -0.3 is 9.47 Å². The van der Waals surface area contributed by atoms with Crippen molar-refractivity contribution >= 4 is 22.2 Å². The lowest BCUT2D eigenvalue weighted by molar-refractivity contribution is -0.383. The molecule has 0 heterocycles. The number of ether oxygens (including phenoxy) is 2. The van der Waals surface area contributed by atoms with Gasteiger partial charge in [-0.25, -0.2) is 0 Å². The maximum absolute atomic E-state index is 11.4.